The molecule has 0 aromatic rings. The number of ether oxygens (including phenoxy) is 1. The maximum atomic E-state index is 9.29. The normalized spacial score (nSPS) is 55.3. The third kappa shape index (κ3) is 0.791. The summed E-state index contributed by atoms with van der Waals surface area (Å²) in [4.78, 5) is 0. The summed E-state index contributed by atoms with van der Waals surface area (Å²) in [6.45, 7) is 0. The molecule has 2 fully saturated rings. The van der Waals surface area contributed by atoms with Crippen molar-refractivity contribution >= 4 is 11.8 Å². The smallest absolute Gasteiger partial charge is 0.0986 e. The van der Waals surface area contributed by atoms with E-state index in [1.807, 2.05) is 6.26 Å². The Labute approximate surface area is 58.6 Å². The van der Waals surface area contributed by atoms with E-state index < -0.39 is 0 Å². The van der Waals surface area contributed by atoms with Gasteiger partial charge < -0.3 is 9.84 Å². The summed E-state index contributed by atoms with van der Waals surface area (Å²) < 4.78 is 5.25. The van der Waals surface area contributed by atoms with Crippen LogP contribution in [0.5, 0.6) is 0 Å². The largest absolute Gasteiger partial charge is 0.392 e. The summed E-state index contributed by atoms with van der Waals surface area (Å²) in [6, 6.07) is 0. The molecule has 1 aliphatic heterocycles. The van der Waals surface area contributed by atoms with Crippen molar-refractivity contribution in [3.05, 3.63) is 0 Å². The van der Waals surface area contributed by atoms with Crippen molar-refractivity contribution in [3.63, 3.8) is 0 Å². The van der Waals surface area contributed by atoms with Crippen molar-refractivity contribution in [2.45, 2.75) is 30.0 Å². The van der Waals surface area contributed by atoms with Crippen LogP contribution in [0.2, 0.25) is 0 Å². The minimum absolute atomic E-state index is 0.108. The van der Waals surface area contributed by atoms with Crippen molar-refractivity contribution < 1.29 is 9.84 Å². The third-order valence-corrected chi connectivity index (χ3v) is 3.20. The van der Waals surface area contributed by atoms with Crippen molar-refractivity contribution in [2.75, 3.05) is 6.26 Å². The molecule has 2 rings (SSSR count). The lowest BCUT2D eigenvalue weighted by Gasteiger charge is -2.12. The molecule has 0 aromatic heterocycles. The molecule has 1 aliphatic carbocycles. The fraction of sp³-hybridized carbons (Fsp3) is 1.00. The Morgan fingerprint density at radius 2 is 2.44 bits per heavy atom. The molecule has 1 saturated heterocycles. The molecule has 1 heterocycles. The fourth-order valence-electron chi connectivity index (χ4n) is 1.52. The van der Waals surface area contributed by atoms with Crippen LogP contribution in [0.4, 0.5) is 0 Å². The van der Waals surface area contributed by atoms with Crippen molar-refractivity contribution in [2.24, 2.45) is 0 Å². The van der Waals surface area contributed by atoms with Crippen LogP contribution in [0.1, 0.15) is 6.42 Å². The average Bonchev–Trinajstić information content (AvgIpc) is 2.45. The lowest BCUT2D eigenvalue weighted by molar-refractivity contribution is 0.135. The zero-order valence-electron chi connectivity index (χ0n) is 5.28. The van der Waals surface area contributed by atoms with Gasteiger partial charge >= 0.3 is 0 Å². The Hall–Kier alpha value is 0.270. The van der Waals surface area contributed by atoms with Crippen molar-refractivity contribution in [1.29, 1.82) is 0 Å². The van der Waals surface area contributed by atoms with Gasteiger partial charge in [0, 0.05) is 6.42 Å². The third-order valence-electron chi connectivity index (χ3n) is 2.07. The van der Waals surface area contributed by atoms with Gasteiger partial charge in [0.15, 0.2) is 0 Å². The van der Waals surface area contributed by atoms with Crippen LogP contribution in [-0.4, -0.2) is 34.9 Å². The Bertz CT molecular complexity index is 126. The van der Waals surface area contributed by atoms with E-state index in [0.29, 0.717) is 17.5 Å². The molecule has 9 heavy (non-hydrogen) atoms. The van der Waals surface area contributed by atoms with Crippen LogP contribution >= 0.6 is 11.8 Å². The van der Waals surface area contributed by atoms with E-state index in [2.05, 4.69) is 0 Å². The number of hydrogen-bond donors (Lipinski definition) is 1. The molecular weight excluding hydrogens is 136 g/mol. The van der Waals surface area contributed by atoms with Gasteiger partial charge in [-0.2, -0.15) is 11.8 Å². The topological polar surface area (TPSA) is 32.8 Å². The second-order valence-electron chi connectivity index (χ2n) is 2.64. The van der Waals surface area contributed by atoms with Gasteiger partial charge in [-0.25, -0.2) is 0 Å². The van der Waals surface area contributed by atoms with Gasteiger partial charge in [0.1, 0.15) is 0 Å². The van der Waals surface area contributed by atoms with E-state index in [1.165, 1.54) is 0 Å². The van der Waals surface area contributed by atoms with Gasteiger partial charge in [0.05, 0.1) is 23.6 Å². The van der Waals surface area contributed by atoms with Gasteiger partial charge in [0.2, 0.25) is 0 Å². The summed E-state index contributed by atoms with van der Waals surface area (Å²) in [5, 5.41) is 9.65. The van der Waals surface area contributed by atoms with E-state index in [4.69, 9.17) is 4.74 Å². The molecule has 0 spiro atoms. The number of epoxide rings is 1. The first-order chi connectivity index (χ1) is 4.33. The number of fused-ring (bicyclic) bond motifs is 1. The van der Waals surface area contributed by atoms with Gasteiger partial charge in [-0.1, -0.05) is 0 Å². The molecular formula is C6H10O2S. The average molecular weight is 146 g/mol. The summed E-state index contributed by atoms with van der Waals surface area (Å²) in [5.41, 5.74) is 0. The van der Waals surface area contributed by atoms with Crippen LogP contribution in [-0.2, 0) is 4.74 Å². The van der Waals surface area contributed by atoms with Gasteiger partial charge in [-0.3, -0.25) is 0 Å². The summed E-state index contributed by atoms with van der Waals surface area (Å²) in [6.07, 6.45) is 3.56. The molecule has 0 unspecified atom stereocenters. The van der Waals surface area contributed by atoms with E-state index in [0.717, 1.165) is 6.42 Å². The Morgan fingerprint density at radius 3 is 2.78 bits per heavy atom. The highest BCUT2D eigenvalue weighted by atomic mass is 32.2. The van der Waals surface area contributed by atoms with Gasteiger partial charge in [0.25, 0.3) is 0 Å². The van der Waals surface area contributed by atoms with Crippen LogP contribution < -0.4 is 0 Å². The predicted octanol–water partition coefficient (Wildman–Crippen LogP) is 0.250. The SMILES string of the molecule is CS[C@H]1[C@H]2O[C@H]2C[C@H]1O. The van der Waals surface area contributed by atoms with Crippen molar-refractivity contribution in [1.82, 2.24) is 0 Å². The molecule has 1 saturated carbocycles. The highest BCUT2D eigenvalue weighted by Gasteiger charge is 2.54. The quantitative estimate of drug-likeness (QED) is 0.538. The highest BCUT2D eigenvalue weighted by Crippen LogP contribution is 2.43. The summed E-state index contributed by atoms with van der Waals surface area (Å²) >= 11 is 1.72. The standard InChI is InChI=1S/C6H10O2S/c1-9-6-3(7)2-4-5(6)8-4/h3-7H,2H2,1H3/t3-,4+,5+,6-/m1/s1. The number of aliphatic hydroxyl groups excluding tert-OH is 1. The first-order valence-electron chi connectivity index (χ1n) is 3.19. The molecule has 3 heteroatoms. The molecule has 4 atom stereocenters. The second kappa shape index (κ2) is 1.87. The fourth-order valence-corrected chi connectivity index (χ4v) is 2.45. The number of rotatable bonds is 1. The molecule has 2 aliphatic rings. The summed E-state index contributed by atoms with van der Waals surface area (Å²) in [7, 11) is 0. The molecule has 0 bridgehead atoms. The van der Waals surface area contributed by atoms with Crippen LogP contribution in [0.3, 0.4) is 0 Å². The second-order valence-corrected chi connectivity index (χ2v) is 3.66. The number of hydrogen-bond acceptors (Lipinski definition) is 3. The first-order valence-corrected chi connectivity index (χ1v) is 4.48. The lowest BCUT2D eigenvalue weighted by Crippen LogP contribution is -2.21. The van der Waals surface area contributed by atoms with E-state index in [-0.39, 0.29) is 6.10 Å². The molecule has 0 amide bonds. The van der Waals surface area contributed by atoms with Gasteiger partial charge in [-0.05, 0) is 6.26 Å². The maximum Gasteiger partial charge on any atom is 0.0986 e. The Kier molecular flexibility index (Phi) is 1.25. The highest BCUT2D eigenvalue weighted by molar-refractivity contribution is 7.99. The zero-order valence-corrected chi connectivity index (χ0v) is 6.10. The monoisotopic (exact) mass is 146 g/mol. The van der Waals surface area contributed by atoms with Crippen LogP contribution in [0.25, 0.3) is 0 Å². The number of aliphatic hydroxyl groups is 1. The minimum Gasteiger partial charge on any atom is -0.392 e. The van der Waals surface area contributed by atoms with Crippen LogP contribution in [0.15, 0.2) is 0 Å². The van der Waals surface area contributed by atoms with E-state index in [9.17, 15) is 5.11 Å². The van der Waals surface area contributed by atoms with Crippen molar-refractivity contribution in [3.8, 4) is 0 Å². The predicted molar refractivity (Wildman–Crippen MR) is 36.6 cm³/mol. The summed E-state index contributed by atoms with van der Waals surface area (Å²) in [5.74, 6) is 0. The molecule has 1 N–H and O–H groups in total. The molecule has 52 valence electrons. The Balaban J connectivity index is 2.02. The minimum atomic E-state index is -0.108. The molecule has 0 radical (unpaired) electrons. The molecule has 0 aromatic carbocycles. The number of thioether (sulfide) groups is 1. The molecule has 2 nitrogen and oxygen atoms in total. The van der Waals surface area contributed by atoms with E-state index in [1.54, 1.807) is 11.8 Å². The first kappa shape index (κ1) is 6.01. The Morgan fingerprint density at radius 1 is 1.67 bits per heavy atom. The van der Waals surface area contributed by atoms with E-state index >= 15 is 0 Å². The van der Waals surface area contributed by atoms with Gasteiger partial charge in [-0.15, -0.1) is 0 Å². The zero-order chi connectivity index (χ0) is 6.43. The maximum absolute atomic E-state index is 9.29. The lowest BCUT2D eigenvalue weighted by atomic mass is 10.3. The van der Waals surface area contributed by atoms with Crippen LogP contribution in [0, 0.1) is 0 Å².